The highest BCUT2D eigenvalue weighted by Crippen LogP contribution is 2.18. The quantitative estimate of drug-likeness (QED) is 0.350. The summed E-state index contributed by atoms with van der Waals surface area (Å²) >= 11 is 5.05. The fourth-order valence-electron chi connectivity index (χ4n) is 2.82. The Kier molecular flexibility index (Phi) is 11.0. The van der Waals surface area contributed by atoms with Crippen LogP contribution < -0.4 is 10.1 Å². The normalized spacial score (nSPS) is 13.7. The number of aryl methyl sites for hydroxylation is 1. The van der Waals surface area contributed by atoms with Crippen LogP contribution in [0.15, 0.2) is 54.6 Å². The summed E-state index contributed by atoms with van der Waals surface area (Å²) in [6.45, 7) is 0.572. The van der Waals surface area contributed by atoms with Crippen molar-refractivity contribution < 1.29 is 24.2 Å². The maximum atomic E-state index is 10.7. The second-order valence-electron chi connectivity index (χ2n) is 7.00. The summed E-state index contributed by atoms with van der Waals surface area (Å²) in [4.78, 5) is 30.9. The van der Waals surface area contributed by atoms with Gasteiger partial charge >= 0.3 is 5.97 Å². The molecule has 1 fully saturated rings. The molecule has 166 valence electrons. The van der Waals surface area contributed by atoms with Gasteiger partial charge in [-0.2, -0.15) is 12.6 Å². The van der Waals surface area contributed by atoms with Crippen molar-refractivity contribution in [1.29, 1.82) is 0 Å². The van der Waals surface area contributed by atoms with Crippen LogP contribution in [0.3, 0.4) is 0 Å². The summed E-state index contributed by atoms with van der Waals surface area (Å²) in [5, 5.41) is 10.1. The first-order chi connectivity index (χ1) is 14.9. The molecule has 31 heavy (non-hydrogen) atoms. The number of amides is 2. The van der Waals surface area contributed by atoms with Crippen molar-refractivity contribution in [1.82, 2.24) is 5.32 Å². The van der Waals surface area contributed by atoms with E-state index in [2.05, 4.69) is 42.2 Å². The maximum absolute atomic E-state index is 10.7. The molecule has 1 aliphatic rings. The number of hydrogen-bond acceptors (Lipinski definition) is 6. The van der Waals surface area contributed by atoms with Gasteiger partial charge in [-0.25, -0.2) is 0 Å². The first-order valence-corrected chi connectivity index (χ1v) is 11.6. The standard InChI is InChI=1S/C20H24O3S.C3H3NO2S/c21-20(22)19(24)13-6-2-3-8-16-11-7-12-18(14-16)23-15-17-9-4-1-5-10-17;5-2-1-7-3(6)4-2/h1,4-5,7,9-12,14,19,24H,2-3,6,8,13,15H2,(H,21,22);1H2,(H,4,5,6). The molecule has 1 heterocycles. The fraction of sp³-hybridized carbons (Fsp3) is 0.348. The van der Waals surface area contributed by atoms with E-state index in [1.165, 1.54) is 5.56 Å². The van der Waals surface area contributed by atoms with E-state index in [0.717, 1.165) is 48.8 Å². The summed E-state index contributed by atoms with van der Waals surface area (Å²) in [6, 6.07) is 18.3. The molecule has 2 amide bonds. The maximum Gasteiger partial charge on any atom is 0.316 e. The number of thiol groups is 1. The molecule has 2 aromatic carbocycles. The molecule has 1 saturated heterocycles. The van der Waals surface area contributed by atoms with Gasteiger partial charge in [-0.3, -0.25) is 19.7 Å². The van der Waals surface area contributed by atoms with Crippen molar-refractivity contribution in [3.63, 3.8) is 0 Å². The zero-order chi connectivity index (χ0) is 22.5. The lowest BCUT2D eigenvalue weighted by atomic mass is 10.1. The van der Waals surface area contributed by atoms with Crippen molar-refractivity contribution in [2.24, 2.45) is 0 Å². The molecule has 1 aliphatic heterocycles. The van der Waals surface area contributed by atoms with Crippen LogP contribution in [0.4, 0.5) is 4.79 Å². The lowest BCUT2D eigenvalue weighted by Gasteiger charge is -2.09. The second kappa shape index (κ2) is 13.8. The van der Waals surface area contributed by atoms with E-state index in [-0.39, 0.29) is 11.1 Å². The van der Waals surface area contributed by atoms with E-state index in [9.17, 15) is 14.4 Å². The number of thioether (sulfide) groups is 1. The molecule has 0 aromatic heterocycles. The van der Waals surface area contributed by atoms with Gasteiger partial charge in [0.05, 0.1) is 11.0 Å². The highest BCUT2D eigenvalue weighted by Gasteiger charge is 2.16. The average Bonchev–Trinajstić information content (AvgIpc) is 3.15. The van der Waals surface area contributed by atoms with Gasteiger partial charge in [-0.1, -0.05) is 67.1 Å². The van der Waals surface area contributed by atoms with Crippen LogP contribution in [0.5, 0.6) is 5.75 Å². The van der Waals surface area contributed by atoms with E-state index in [1.54, 1.807) is 0 Å². The number of carboxylic acid groups (broad SMARTS) is 1. The zero-order valence-electron chi connectivity index (χ0n) is 17.2. The number of benzene rings is 2. The molecule has 0 aliphatic carbocycles. The van der Waals surface area contributed by atoms with Gasteiger partial charge in [0.1, 0.15) is 12.4 Å². The van der Waals surface area contributed by atoms with E-state index in [4.69, 9.17) is 9.84 Å². The Morgan fingerprint density at radius 3 is 2.42 bits per heavy atom. The molecule has 0 radical (unpaired) electrons. The third-order valence-corrected chi connectivity index (χ3v) is 5.70. The molecule has 1 atom stereocenters. The number of rotatable bonds is 10. The Labute approximate surface area is 192 Å². The molecule has 0 bridgehead atoms. The Morgan fingerprint density at radius 1 is 1.06 bits per heavy atom. The topological polar surface area (TPSA) is 92.7 Å². The number of hydrogen-bond donors (Lipinski definition) is 3. The Hall–Kier alpha value is -2.45. The molecule has 3 rings (SSSR count). The number of aliphatic carboxylic acids is 1. The fourth-order valence-corrected chi connectivity index (χ4v) is 3.52. The van der Waals surface area contributed by atoms with Crippen LogP contribution in [0.2, 0.25) is 0 Å². The minimum Gasteiger partial charge on any atom is -0.489 e. The monoisotopic (exact) mass is 461 g/mol. The summed E-state index contributed by atoms with van der Waals surface area (Å²) in [7, 11) is 0. The highest BCUT2D eigenvalue weighted by molar-refractivity contribution is 8.14. The lowest BCUT2D eigenvalue weighted by Crippen LogP contribution is -2.18. The predicted molar refractivity (Wildman–Crippen MR) is 126 cm³/mol. The lowest BCUT2D eigenvalue weighted by molar-refractivity contribution is -0.136. The van der Waals surface area contributed by atoms with Crippen LogP contribution in [-0.2, 0) is 22.6 Å². The smallest absolute Gasteiger partial charge is 0.316 e. The SMILES string of the molecule is O=C(O)C(S)CCCCCc1cccc(OCc2ccccc2)c1.O=C1CSC(=O)N1. The summed E-state index contributed by atoms with van der Waals surface area (Å²) in [5.74, 6) is 0.160. The van der Waals surface area contributed by atoms with Crippen molar-refractivity contribution in [2.75, 3.05) is 5.75 Å². The van der Waals surface area contributed by atoms with Crippen molar-refractivity contribution in [2.45, 2.75) is 44.0 Å². The van der Waals surface area contributed by atoms with E-state index >= 15 is 0 Å². The minimum atomic E-state index is -0.832. The third kappa shape index (κ3) is 10.4. The highest BCUT2D eigenvalue weighted by atomic mass is 32.2. The molecule has 6 nitrogen and oxygen atoms in total. The first kappa shape index (κ1) is 24.8. The van der Waals surface area contributed by atoms with Crippen LogP contribution in [-0.4, -0.2) is 33.2 Å². The van der Waals surface area contributed by atoms with Gasteiger partial charge in [0.15, 0.2) is 0 Å². The summed E-state index contributed by atoms with van der Waals surface area (Å²) < 4.78 is 5.84. The molecular formula is C23H27NO5S2. The number of carboxylic acids is 1. The number of imide groups is 1. The molecule has 2 aromatic rings. The second-order valence-corrected chi connectivity index (χ2v) is 8.57. The average molecular weight is 462 g/mol. The summed E-state index contributed by atoms with van der Waals surface area (Å²) in [6.07, 6.45) is 4.55. The first-order valence-electron chi connectivity index (χ1n) is 10.1. The van der Waals surface area contributed by atoms with Gasteiger partial charge in [0.25, 0.3) is 5.24 Å². The van der Waals surface area contributed by atoms with Crippen LogP contribution in [0, 0.1) is 0 Å². The van der Waals surface area contributed by atoms with Crippen LogP contribution in [0.1, 0.15) is 36.8 Å². The van der Waals surface area contributed by atoms with Crippen molar-refractivity contribution in [3.05, 3.63) is 65.7 Å². The summed E-state index contributed by atoms with van der Waals surface area (Å²) in [5.41, 5.74) is 2.41. The molecule has 1 unspecified atom stereocenters. The number of carbonyl (C=O) groups is 3. The minimum absolute atomic E-state index is 0.185. The third-order valence-electron chi connectivity index (χ3n) is 4.45. The van der Waals surface area contributed by atoms with Crippen molar-refractivity contribution >= 4 is 41.5 Å². The van der Waals surface area contributed by atoms with E-state index in [1.807, 2.05) is 30.3 Å². The number of ether oxygens (including phenoxy) is 1. The van der Waals surface area contributed by atoms with Crippen molar-refractivity contribution in [3.8, 4) is 5.75 Å². The van der Waals surface area contributed by atoms with Gasteiger partial charge < -0.3 is 9.84 Å². The van der Waals surface area contributed by atoms with E-state index < -0.39 is 11.2 Å². The van der Waals surface area contributed by atoms with Gasteiger partial charge in [0, 0.05) is 0 Å². The Morgan fingerprint density at radius 2 is 1.81 bits per heavy atom. The molecule has 2 N–H and O–H groups in total. The zero-order valence-corrected chi connectivity index (χ0v) is 18.9. The van der Waals surface area contributed by atoms with Gasteiger partial charge in [-0.15, -0.1) is 0 Å². The van der Waals surface area contributed by atoms with Gasteiger partial charge in [0.2, 0.25) is 5.91 Å². The van der Waals surface area contributed by atoms with Gasteiger partial charge in [-0.05, 0) is 42.5 Å². The molecule has 0 saturated carbocycles. The molecular weight excluding hydrogens is 434 g/mol. The van der Waals surface area contributed by atoms with Crippen LogP contribution >= 0.6 is 24.4 Å². The number of unbranched alkanes of at least 4 members (excludes halogenated alkanes) is 2. The number of carbonyl (C=O) groups excluding carboxylic acids is 2. The number of nitrogens with one attached hydrogen (secondary N) is 1. The van der Waals surface area contributed by atoms with E-state index in [0.29, 0.717) is 18.8 Å². The largest absolute Gasteiger partial charge is 0.489 e. The predicted octanol–water partition coefficient (Wildman–Crippen LogP) is 4.72. The van der Waals surface area contributed by atoms with Crippen LogP contribution in [0.25, 0.3) is 0 Å². The Bertz CT molecular complexity index is 846. The molecule has 0 spiro atoms. The Balaban J connectivity index is 0.000000412. The molecule has 8 heteroatoms.